The van der Waals surface area contributed by atoms with Gasteiger partial charge >= 0.3 is 0 Å². The molecule has 3 rings (SSSR count). The van der Waals surface area contributed by atoms with E-state index in [-0.39, 0.29) is 11.6 Å². The molecule has 0 spiro atoms. The van der Waals surface area contributed by atoms with Crippen molar-refractivity contribution in [2.75, 3.05) is 7.11 Å². The summed E-state index contributed by atoms with van der Waals surface area (Å²) in [6.45, 7) is 3.85. The molecule has 25 heavy (non-hydrogen) atoms. The topological polar surface area (TPSA) is 35.5 Å². The Morgan fingerprint density at radius 3 is 2.56 bits per heavy atom. The van der Waals surface area contributed by atoms with Crippen LogP contribution >= 0.6 is 0 Å². The summed E-state index contributed by atoms with van der Waals surface area (Å²) in [5, 5.41) is 0. The molecule has 1 aliphatic heterocycles. The third kappa shape index (κ3) is 3.63. The van der Waals surface area contributed by atoms with Crippen molar-refractivity contribution in [2.45, 2.75) is 19.4 Å². The van der Waals surface area contributed by atoms with E-state index >= 15 is 0 Å². The monoisotopic (exact) mass is 338 g/mol. The van der Waals surface area contributed by atoms with Gasteiger partial charge in [0.2, 0.25) is 0 Å². The Kier molecular flexibility index (Phi) is 4.45. The van der Waals surface area contributed by atoms with Crippen molar-refractivity contribution in [1.29, 1.82) is 0 Å². The molecule has 128 valence electrons. The molecule has 0 N–H and O–H groups in total. The summed E-state index contributed by atoms with van der Waals surface area (Å²) in [7, 11) is 1.58. The van der Waals surface area contributed by atoms with Gasteiger partial charge < -0.3 is 9.47 Å². The molecule has 1 aliphatic rings. The van der Waals surface area contributed by atoms with E-state index in [1.54, 1.807) is 37.5 Å². The highest BCUT2D eigenvalue weighted by Crippen LogP contribution is 2.39. The van der Waals surface area contributed by atoms with Gasteiger partial charge in [-0.15, -0.1) is 0 Å². The first-order chi connectivity index (χ1) is 11.9. The lowest BCUT2D eigenvalue weighted by molar-refractivity contribution is 0.103. The molecule has 0 aliphatic carbocycles. The summed E-state index contributed by atoms with van der Waals surface area (Å²) in [6.07, 6.45) is 6.96. The summed E-state index contributed by atoms with van der Waals surface area (Å²) >= 11 is 0. The number of ether oxygens (including phenoxy) is 2. The van der Waals surface area contributed by atoms with Gasteiger partial charge in [0, 0.05) is 0 Å². The average molecular weight is 338 g/mol. The Balaban J connectivity index is 1.96. The predicted molar refractivity (Wildman–Crippen MR) is 96.5 cm³/mol. The van der Waals surface area contributed by atoms with E-state index in [1.807, 2.05) is 26.0 Å². The van der Waals surface area contributed by atoms with E-state index < -0.39 is 5.60 Å². The van der Waals surface area contributed by atoms with Crippen molar-refractivity contribution in [3.05, 3.63) is 71.1 Å². The van der Waals surface area contributed by atoms with Crippen molar-refractivity contribution >= 4 is 17.9 Å². The molecule has 0 fully saturated rings. The van der Waals surface area contributed by atoms with Gasteiger partial charge in [-0.3, -0.25) is 4.79 Å². The molecular weight excluding hydrogens is 319 g/mol. The molecule has 3 nitrogen and oxygen atoms in total. The fraction of sp³-hybridized carbons (Fsp3) is 0.190. The molecular formula is C21H19FO3. The first kappa shape index (κ1) is 17.0. The highest BCUT2D eigenvalue weighted by Gasteiger charge is 2.27. The highest BCUT2D eigenvalue weighted by molar-refractivity contribution is 6.09. The van der Waals surface area contributed by atoms with Gasteiger partial charge in [0.15, 0.2) is 5.78 Å². The smallest absolute Gasteiger partial charge is 0.189 e. The van der Waals surface area contributed by atoms with Gasteiger partial charge in [-0.1, -0.05) is 18.2 Å². The zero-order valence-corrected chi connectivity index (χ0v) is 14.4. The van der Waals surface area contributed by atoms with Crippen molar-refractivity contribution in [1.82, 2.24) is 0 Å². The lowest BCUT2D eigenvalue weighted by atomic mass is 9.97. The van der Waals surface area contributed by atoms with E-state index in [2.05, 4.69) is 0 Å². The summed E-state index contributed by atoms with van der Waals surface area (Å²) in [6, 6.07) is 9.40. The maximum atomic E-state index is 13.0. The van der Waals surface area contributed by atoms with Crippen LogP contribution in [-0.2, 0) is 0 Å². The molecule has 2 aromatic carbocycles. The maximum absolute atomic E-state index is 13.0. The van der Waals surface area contributed by atoms with E-state index in [0.29, 0.717) is 17.1 Å². The highest BCUT2D eigenvalue weighted by atomic mass is 19.1. The van der Waals surface area contributed by atoms with Gasteiger partial charge in [0.1, 0.15) is 22.9 Å². The maximum Gasteiger partial charge on any atom is 0.189 e. The van der Waals surface area contributed by atoms with Crippen molar-refractivity contribution in [2.24, 2.45) is 0 Å². The van der Waals surface area contributed by atoms with Crippen LogP contribution < -0.4 is 9.47 Å². The Labute approximate surface area is 146 Å². The molecule has 0 saturated heterocycles. The molecule has 4 heteroatoms. The number of hydrogen-bond acceptors (Lipinski definition) is 3. The number of rotatable bonds is 4. The number of hydrogen-bond donors (Lipinski definition) is 0. The zero-order chi connectivity index (χ0) is 18.0. The molecule has 1 heterocycles. The van der Waals surface area contributed by atoms with Crippen LogP contribution in [0.15, 0.2) is 48.6 Å². The second-order valence-corrected chi connectivity index (χ2v) is 6.35. The van der Waals surface area contributed by atoms with Crippen molar-refractivity contribution in [3.8, 4) is 11.5 Å². The number of methoxy groups -OCH3 is 1. The van der Waals surface area contributed by atoms with Gasteiger partial charge in [-0.2, -0.15) is 0 Å². The number of allylic oxidation sites excluding steroid dienone is 1. The van der Waals surface area contributed by atoms with Gasteiger partial charge in [0.05, 0.1) is 18.2 Å². The molecule has 0 saturated carbocycles. The Morgan fingerprint density at radius 1 is 1.16 bits per heavy atom. The number of fused-ring (bicyclic) bond motifs is 1. The summed E-state index contributed by atoms with van der Waals surface area (Å²) in [4.78, 5) is 12.7. The van der Waals surface area contributed by atoms with E-state index in [4.69, 9.17) is 9.47 Å². The van der Waals surface area contributed by atoms with Crippen LogP contribution in [0, 0.1) is 5.82 Å². The molecule has 0 bridgehead atoms. The number of ketones is 1. The Hall–Kier alpha value is -2.88. The van der Waals surface area contributed by atoms with Crippen LogP contribution in [0.2, 0.25) is 0 Å². The minimum Gasteiger partial charge on any atom is -0.496 e. The molecule has 0 amide bonds. The summed E-state index contributed by atoms with van der Waals surface area (Å²) in [5.74, 6) is 0.672. The second kappa shape index (κ2) is 6.55. The largest absolute Gasteiger partial charge is 0.496 e. The average Bonchev–Trinajstić information content (AvgIpc) is 2.59. The number of carbonyl (C=O) groups excluding carboxylic acids is 1. The van der Waals surface area contributed by atoms with Crippen LogP contribution in [0.3, 0.4) is 0 Å². The van der Waals surface area contributed by atoms with Crippen LogP contribution in [0.4, 0.5) is 4.39 Å². The van der Waals surface area contributed by atoms with E-state index in [1.165, 1.54) is 18.2 Å². The molecule has 2 aromatic rings. The van der Waals surface area contributed by atoms with Crippen molar-refractivity contribution in [3.63, 3.8) is 0 Å². The predicted octanol–water partition coefficient (Wildman–Crippen LogP) is 4.91. The SMILES string of the molecule is COc1ccc(C(=O)/C=C/c2ccc(F)cc2)c2c1C=CC(C)(C)O2. The van der Waals surface area contributed by atoms with Crippen LogP contribution in [0.25, 0.3) is 12.2 Å². The second-order valence-electron chi connectivity index (χ2n) is 6.35. The Bertz CT molecular complexity index is 861. The normalized spacial score (nSPS) is 14.9. The van der Waals surface area contributed by atoms with Gasteiger partial charge in [0.25, 0.3) is 0 Å². The molecule has 0 radical (unpaired) electrons. The fourth-order valence-corrected chi connectivity index (χ4v) is 2.64. The number of carbonyl (C=O) groups is 1. The molecule has 0 atom stereocenters. The third-order valence-electron chi connectivity index (χ3n) is 3.96. The summed E-state index contributed by atoms with van der Waals surface area (Å²) < 4.78 is 24.3. The molecule has 0 aromatic heterocycles. The van der Waals surface area contributed by atoms with E-state index in [9.17, 15) is 9.18 Å². The van der Waals surface area contributed by atoms with Crippen molar-refractivity contribution < 1.29 is 18.7 Å². The fourth-order valence-electron chi connectivity index (χ4n) is 2.64. The standard InChI is InChI=1S/C21H19FO3/c1-21(2)13-12-17-19(24-3)11-9-16(20(17)25-21)18(23)10-6-14-4-7-15(22)8-5-14/h4-13H,1-3H3/b10-6+. The first-order valence-electron chi connectivity index (χ1n) is 7.97. The first-order valence-corrected chi connectivity index (χ1v) is 7.97. The summed E-state index contributed by atoms with van der Waals surface area (Å²) in [5.41, 5.74) is 1.46. The van der Waals surface area contributed by atoms with Gasteiger partial charge in [-0.25, -0.2) is 4.39 Å². The lowest BCUT2D eigenvalue weighted by Gasteiger charge is -2.29. The van der Waals surface area contributed by atoms with Crippen LogP contribution in [-0.4, -0.2) is 18.5 Å². The van der Waals surface area contributed by atoms with Crippen LogP contribution in [0.1, 0.15) is 35.3 Å². The minimum absolute atomic E-state index is 0.186. The zero-order valence-electron chi connectivity index (χ0n) is 14.4. The number of benzene rings is 2. The Morgan fingerprint density at radius 2 is 1.88 bits per heavy atom. The minimum atomic E-state index is -0.505. The number of halogens is 1. The van der Waals surface area contributed by atoms with Crippen LogP contribution in [0.5, 0.6) is 11.5 Å². The molecule has 0 unspecified atom stereocenters. The van der Waals surface area contributed by atoms with E-state index in [0.717, 1.165) is 11.1 Å². The van der Waals surface area contributed by atoms with Gasteiger partial charge in [-0.05, 0) is 61.9 Å². The lowest BCUT2D eigenvalue weighted by Crippen LogP contribution is -2.28. The third-order valence-corrected chi connectivity index (χ3v) is 3.96. The quantitative estimate of drug-likeness (QED) is 0.587.